The molecular formula is C26H33N5O2S. The molecule has 3 aromatic rings. The molecule has 8 heteroatoms. The van der Waals surface area contributed by atoms with Crippen molar-refractivity contribution in [3.63, 3.8) is 0 Å². The first kappa shape index (κ1) is 23.1. The first-order valence-corrected chi connectivity index (χ1v) is 12.9. The molecule has 0 saturated carbocycles. The normalized spacial score (nSPS) is 23.6. The number of nitrogens with one attached hydrogen (secondary N) is 2. The number of aromatic nitrogens is 1. The van der Waals surface area contributed by atoms with Crippen LogP contribution in [0.15, 0.2) is 48.0 Å². The molecule has 0 aliphatic carbocycles. The van der Waals surface area contributed by atoms with Gasteiger partial charge in [-0.3, -0.25) is 19.4 Å². The molecule has 3 atom stereocenters. The molecule has 2 fully saturated rings. The van der Waals surface area contributed by atoms with Crippen molar-refractivity contribution in [1.82, 2.24) is 25.0 Å². The highest BCUT2D eigenvalue weighted by Crippen LogP contribution is 2.30. The molecule has 2 aliphatic rings. The van der Waals surface area contributed by atoms with E-state index in [1.807, 2.05) is 17.5 Å². The molecule has 7 nitrogen and oxygen atoms in total. The van der Waals surface area contributed by atoms with Crippen LogP contribution in [0.4, 0.5) is 0 Å². The van der Waals surface area contributed by atoms with E-state index in [0.29, 0.717) is 19.5 Å². The number of benzene rings is 1. The number of aryl methyl sites for hydroxylation is 1. The number of carbonyl (C=O) groups is 2. The first-order chi connectivity index (χ1) is 16.5. The van der Waals surface area contributed by atoms with Gasteiger partial charge in [0.05, 0.1) is 6.54 Å². The van der Waals surface area contributed by atoms with Crippen LogP contribution in [0.25, 0.3) is 10.9 Å². The zero-order valence-electron chi connectivity index (χ0n) is 19.9. The second kappa shape index (κ2) is 9.90. The largest absolute Gasteiger partial charge is 0.353 e. The monoisotopic (exact) mass is 479 g/mol. The van der Waals surface area contributed by atoms with Crippen LogP contribution in [0.3, 0.4) is 0 Å². The van der Waals surface area contributed by atoms with Crippen LogP contribution >= 0.6 is 11.3 Å². The van der Waals surface area contributed by atoms with Gasteiger partial charge in [-0.25, -0.2) is 0 Å². The number of likely N-dealkylation sites (tertiary alicyclic amines) is 1. The smallest absolute Gasteiger partial charge is 0.239 e. The average molecular weight is 480 g/mol. The second-order valence-corrected chi connectivity index (χ2v) is 10.5. The third-order valence-corrected chi connectivity index (χ3v) is 8.32. The maximum absolute atomic E-state index is 13.2. The topological polar surface area (TPSA) is 69.6 Å². The highest BCUT2D eigenvalue weighted by molar-refractivity contribution is 7.09. The molecular weight excluding hydrogens is 446 g/mol. The Labute approximate surface area is 204 Å². The van der Waals surface area contributed by atoms with Crippen molar-refractivity contribution in [3.8, 4) is 0 Å². The van der Waals surface area contributed by atoms with Gasteiger partial charge in [0.1, 0.15) is 6.04 Å². The van der Waals surface area contributed by atoms with E-state index in [4.69, 9.17) is 0 Å². The molecule has 4 heterocycles. The summed E-state index contributed by atoms with van der Waals surface area (Å²) in [5.74, 6) is 0.178. The lowest BCUT2D eigenvalue weighted by Crippen LogP contribution is -2.49. The fourth-order valence-corrected chi connectivity index (χ4v) is 6.23. The van der Waals surface area contributed by atoms with E-state index in [0.717, 1.165) is 30.8 Å². The van der Waals surface area contributed by atoms with Crippen LogP contribution in [0.1, 0.15) is 29.7 Å². The standard InChI is InChI=1S/C26H33N5O2S/c1-29-16-18(21-7-3-4-8-22(21)29)17-31-12-11-23-25(31)26(33)28-14-19(30(23)2)9-10-24(32)27-15-20-6-5-13-34-20/h3-8,13,16,19,23,25H,9-12,14-15,17H2,1-2H3,(H,27,32)(H,28,33). The minimum atomic E-state index is -0.165. The van der Waals surface area contributed by atoms with Gasteiger partial charge in [-0.05, 0) is 43.0 Å². The lowest BCUT2D eigenvalue weighted by molar-refractivity contribution is -0.126. The fourth-order valence-electron chi connectivity index (χ4n) is 5.58. The van der Waals surface area contributed by atoms with Crippen LogP contribution in [-0.4, -0.2) is 64.4 Å². The Morgan fingerprint density at radius 1 is 1.21 bits per heavy atom. The van der Waals surface area contributed by atoms with Gasteiger partial charge in [-0.15, -0.1) is 11.3 Å². The van der Waals surface area contributed by atoms with E-state index < -0.39 is 0 Å². The van der Waals surface area contributed by atoms with Crippen molar-refractivity contribution in [2.24, 2.45) is 7.05 Å². The summed E-state index contributed by atoms with van der Waals surface area (Å²) in [7, 11) is 4.19. The van der Waals surface area contributed by atoms with Gasteiger partial charge in [-0.1, -0.05) is 24.3 Å². The quantitative estimate of drug-likeness (QED) is 0.547. The summed E-state index contributed by atoms with van der Waals surface area (Å²) >= 11 is 1.65. The number of para-hydroxylation sites is 1. The third kappa shape index (κ3) is 4.62. The maximum Gasteiger partial charge on any atom is 0.239 e. The summed E-state index contributed by atoms with van der Waals surface area (Å²) in [6, 6.07) is 12.6. The summed E-state index contributed by atoms with van der Waals surface area (Å²) in [4.78, 5) is 31.4. The summed E-state index contributed by atoms with van der Waals surface area (Å²) in [6.07, 6.45) is 4.35. The third-order valence-electron chi connectivity index (χ3n) is 7.45. The van der Waals surface area contributed by atoms with Gasteiger partial charge in [0.25, 0.3) is 0 Å². The Bertz CT molecular complexity index is 1160. The molecule has 5 rings (SSSR count). The van der Waals surface area contributed by atoms with Crippen molar-refractivity contribution in [1.29, 1.82) is 0 Å². The number of thiophene rings is 1. The summed E-state index contributed by atoms with van der Waals surface area (Å²) in [5, 5.41) is 9.46. The predicted molar refractivity (Wildman–Crippen MR) is 135 cm³/mol. The molecule has 2 amide bonds. The van der Waals surface area contributed by atoms with E-state index >= 15 is 0 Å². The second-order valence-electron chi connectivity index (χ2n) is 9.51. The minimum absolute atomic E-state index is 0.0675. The molecule has 2 aliphatic heterocycles. The number of hydrogen-bond acceptors (Lipinski definition) is 5. The van der Waals surface area contributed by atoms with Crippen molar-refractivity contribution in [2.75, 3.05) is 20.1 Å². The predicted octanol–water partition coefficient (Wildman–Crippen LogP) is 2.71. The van der Waals surface area contributed by atoms with Gasteiger partial charge in [0, 0.05) is 67.2 Å². The molecule has 0 radical (unpaired) electrons. The zero-order chi connectivity index (χ0) is 23.7. The van der Waals surface area contributed by atoms with E-state index in [1.165, 1.54) is 16.5 Å². The molecule has 2 saturated heterocycles. The van der Waals surface area contributed by atoms with E-state index in [-0.39, 0.29) is 29.9 Å². The first-order valence-electron chi connectivity index (χ1n) is 12.1. The number of amides is 2. The highest BCUT2D eigenvalue weighted by Gasteiger charge is 2.45. The summed E-state index contributed by atoms with van der Waals surface area (Å²) in [5.41, 5.74) is 2.48. The van der Waals surface area contributed by atoms with Crippen molar-refractivity contribution in [3.05, 3.63) is 58.4 Å². The Hall–Kier alpha value is -2.68. The summed E-state index contributed by atoms with van der Waals surface area (Å²) in [6.45, 7) is 2.83. The lowest BCUT2D eigenvalue weighted by Gasteiger charge is -2.33. The number of carbonyl (C=O) groups excluding carboxylic acids is 2. The van der Waals surface area contributed by atoms with E-state index in [1.54, 1.807) is 11.3 Å². The van der Waals surface area contributed by atoms with Crippen LogP contribution in [0.2, 0.25) is 0 Å². The van der Waals surface area contributed by atoms with Gasteiger partial charge in [0.15, 0.2) is 0 Å². The molecule has 0 spiro atoms. The number of hydrogen-bond donors (Lipinski definition) is 2. The van der Waals surface area contributed by atoms with Crippen molar-refractivity contribution < 1.29 is 9.59 Å². The van der Waals surface area contributed by atoms with E-state index in [2.05, 4.69) is 69.6 Å². The zero-order valence-corrected chi connectivity index (χ0v) is 20.7. The van der Waals surface area contributed by atoms with Crippen LogP contribution < -0.4 is 10.6 Å². The Morgan fingerprint density at radius 2 is 2.06 bits per heavy atom. The molecule has 180 valence electrons. The van der Waals surface area contributed by atoms with Gasteiger partial charge in [-0.2, -0.15) is 0 Å². The maximum atomic E-state index is 13.2. The van der Waals surface area contributed by atoms with Crippen molar-refractivity contribution in [2.45, 2.75) is 50.5 Å². The lowest BCUT2D eigenvalue weighted by atomic mass is 10.0. The Balaban J connectivity index is 1.22. The molecule has 2 N–H and O–H groups in total. The fraction of sp³-hybridized carbons (Fsp3) is 0.462. The Kier molecular flexibility index (Phi) is 6.72. The molecule has 2 aromatic heterocycles. The van der Waals surface area contributed by atoms with E-state index in [9.17, 15) is 9.59 Å². The average Bonchev–Trinajstić information content (AvgIpc) is 3.56. The van der Waals surface area contributed by atoms with Gasteiger partial charge in [0.2, 0.25) is 11.8 Å². The summed E-state index contributed by atoms with van der Waals surface area (Å²) < 4.78 is 2.16. The van der Waals surface area contributed by atoms with Gasteiger partial charge < -0.3 is 15.2 Å². The van der Waals surface area contributed by atoms with Crippen molar-refractivity contribution >= 4 is 34.1 Å². The molecule has 34 heavy (non-hydrogen) atoms. The Morgan fingerprint density at radius 3 is 2.88 bits per heavy atom. The SMILES string of the molecule is CN1C(CCC(=O)NCc2cccs2)CNC(=O)C2C1CCN2Cc1cn(C)c2ccccc12. The number of fused-ring (bicyclic) bond motifs is 2. The van der Waals surface area contributed by atoms with Gasteiger partial charge >= 0.3 is 0 Å². The minimum Gasteiger partial charge on any atom is -0.353 e. The highest BCUT2D eigenvalue weighted by atomic mass is 32.1. The number of likely N-dealkylation sites (N-methyl/N-ethyl adjacent to an activating group) is 1. The number of nitrogens with zero attached hydrogens (tertiary/aromatic N) is 3. The molecule has 3 unspecified atom stereocenters. The number of rotatable bonds is 7. The van der Waals surface area contributed by atoms with Crippen LogP contribution in [0.5, 0.6) is 0 Å². The molecule has 1 aromatic carbocycles. The molecule has 0 bridgehead atoms. The van der Waals surface area contributed by atoms with Crippen LogP contribution in [-0.2, 0) is 29.7 Å². The van der Waals surface area contributed by atoms with Crippen LogP contribution in [0, 0.1) is 0 Å².